The van der Waals surface area contributed by atoms with E-state index in [9.17, 15) is 0 Å². The van der Waals surface area contributed by atoms with Gasteiger partial charge in [-0.2, -0.15) is 0 Å². The summed E-state index contributed by atoms with van der Waals surface area (Å²) in [6, 6.07) is 41.2. The lowest BCUT2D eigenvalue weighted by Crippen LogP contribution is -2.57. The zero-order chi connectivity index (χ0) is 40.0. The van der Waals surface area contributed by atoms with E-state index in [0.29, 0.717) is 0 Å². The highest BCUT2D eigenvalue weighted by Gasteiger charge is 2.60. The van der Waals surface area contributed by atoms with Gasteiger partial charge in [-0.25, -0.2) is 0 Å². The average molecular weight is 782 g/mol. The standard InChI is InChI=1S/C56H63NS/c1-52(2)25-27-54(5,6)50-44(52)14-11-16-46(50)57(47-17-12-15-45-51(47)55(7,8)28-26-53(45,3)4)41-22-19-37(20-23-41)38-21-24-43-49(34-38)58-48-18-10-9-13-42(48)56(43)39-30-35-29-36(32-39)33-40(56)31-35/h9-24,34-36,39-40H,25-33H2,1-8H3. The van der Waals surface area contributed by atoms with Crippen LogP contribution in [-0.4, -0.2) is 0 Å². The molecule has 1 aliphatic heterocycles. The monoisotopic (exact) mass is 781 g/mol. The highest BCUT2D eigenvalue weighted by atomic mass is 32.2. The summed E-state index contributed by atoms with van der Waals surface area (Å²) in [5, 5.41) is 0. The van der Waals surface area contributed by atoms with Crippen molar-refractivity contribution in [1.82, 2.24) is 0 Å². The van der Waals surface area contributed by atoms with Crippen molar-refractivity contribution < 1.29 is 0 Å². The predicted molar refractivity (Wildman–Crippen MR) is 246 cm³/mol. The lowest BCUT2D eigenvalue weighted by atomic mass is 9.42. The lowest BCUT2D eigenvalue weighted by molar-refractivity contribution is -0.0443. The number of fused-ring (bicyclic) bond motifs is 4. The fourth-order valence-corrected chi connectivity index (χ4v) is 15.3. The second-order valence-electron chi connectivity index (χ2n) is 22.3. The normalized spacial score (nSPS) is 28.6. The van der Waals surface area contributed by atoms with Crippen LogP contribution >= 0.6 is 11.8 Å². The third-order valence-corrected chi connectivity index (χ3v) is 18.1. The van der Waals surface area contributed by atoms with Crippen molar-refractivity contribution in [1.29, 1.82) is 0 Å². The van der Waals surface area contributed by atoms with Gasteiger partial charge in [0, 0.05) is 20.9 Å². The van der Waals surface area contributed by atoms with Crippen molar-refractivity contribution in [2.75, 3.05) is 4.90 Å². The van der Waals surface area contributed by atoms with Crippen LogP contribution < -0.4 is 4.90 Å². The maximum Gasteiger partial charge on any atom is 0.0502 e. The van der Waals surface area contributed by atoms with Gasteiger partial charge < -0.3 is 4.90 Å². The summed E-state index contributed by atoms with van der Waals surface area (Å²) in [5.74, 6) is 3.46. The summed E-state index contributed by atoms with van der Waals surface area (Å²) in [6.45, 7) is 19.8. The van der Waals surface area contributed by atoms with Crippen molar-refractivity contribution in [3.05, 3.63) is 137 Å². The summed E-state index contributed by atoms with van der Waals surface area (Å²) in [6.07, 6.45) is 12.0. The number of anilines is 3. The molecule has 5 aromatic rings. The van der Waals surface area contributed by atoms with Gasteiger partial charge in [0.05, 0.1) is 11.4 Å². The molecule has 298 valence electrons. The molecule has 0 atom stereocenters. The molecular formula is C56H63NS. The van der Waals surface area contributed by atoms with E-state index in [0.717, 1.165) is 23.7 Å². The molecule has 12 rings (SSSR count). The van der Waals surface area contributed by atoms with Gasteiger partial charge in [-0.05, 0) is 184 Å². The molecule has 0 amide bonds. The van der Waals surface area contributed by atoms with Gasteiger partial charge in [-0.3, -0.25) is 0 Å². The van der Waals surface area contributed by atoms with Crippen LogP contribution in [0.5, 0.6) is 0 Å². The minimum absolute atomic E-state index is 0.0668. The average Bonchev–Trinajstić information content (AvgIpc) is 3.20. The van der Waals surface area contributed by atoms with Gasteiger partial charge in [-0.1, -0.05) is 134 Å². The Kier molecular flexibility index (Phi) is 8.12. The van der Waals surface area contributed by atoms with Gasteiger partial charge >= 0.3 is 0 Å². The summed E-state index contributed by atoms with van der Waals surface area (Å²) >= 11 is 2.03. The first-order valence-corrected chi connectivity index (χ1v) is 23.6. The molecule has 0 aromatic heterocycles. The van der Waals surface area contributed by atoms with E-state index in [1.165, 1.54) is 118 Å². The Hall–Kier alpha value is -3.75. The molecule has 4 saturated carbocycles. The van der Waals surface area contributed by atoms with Crippen LogP contribution in [-0.2, 0) is 27.1 Å². The molecule has 0 unspecified atom stereocenters. The Balaban J connectivity index is 1.05. The molecule has 2 heteroatoms. The Labute approximate surface area is 353 Å². The molecule has 0 N–H and O–H groups in total. The Morgan fingerprint density at radius 3 is 1.50 bits per heavy atom. The predicted octanol–water partition coefficient (Wildman–Crippen LogP) is 15.7. The van der Waals surface area contributed by atoms with Crippen LogP contribution in [0.15, 0.2) is 113 Å². The zero-order valence-corrected chi connectivity index (χ0v) is 37.2. The van der Waals surface area contributed by atoms with E-state index < -0.39 is 0 Å². The Morgan fingerprint density at radius 1 is 0.448 bits per heavy atom. The summed E-state index contributed by atoms with van der Waals surface area (Å²) in [5.41, 5.74) is 16.5. The maximum absolute atomic E-state index is 2.67. The molecule has 58 heavy (non-hydrogen) atoms. The molecule has 1 spiro atoms. The van der Waals surface area contributed by atoms with E-state index in [-0.39, 0.29) is 27.1 Å². The first-order valence-electron chi connectivity index (χ1n) is 22.8. The second kappa shape index (κ2) is 12.6. The van der Waals surface area contributed by atoms with E-state index >= 15 is 0 Å². The molecule has 5 aromatic carbocycles. The van der Waals surface area contributed by atoms with E-state index in [1.807, 2.05) is 11.8 Å². The second-order valence-corrected chi connectivity index (χ2v) is 23.4. The highest BCUT2D eigenvalue weighted by molar-refractivity contribution is 7.99. The number of hydrogen-bond acceptors (Lipinski definition) is 2. The first-order chi connectivity index (χ1) is 27.7. The summed E-state index contributed by atoms with van der Waals surface area (Å²) in [7, 11) is 0. The number of nitrogens with zero attached hydrogens (tertiary/aromatic N) is 1. The molecule has 4 fully saturated rings. The highest BCUT2D eigenvalue weighted by Crippen LogP contribution is 2.69. The maximum atomic E-state index is 2.67. The van der Waals surface area contributed by atoms with Crippen LogP contribution in [0.2, 0.25) is 0 Å². The third kappa shape index (κ3) is 5.34. The largest absolute Gasteiger partial charge is 0.310 e. The molecule has 4 bridgehead atoms. The smallest absolute Gasteiger partial charge is 0.0502 e. The van der Waals surface area contributed by atoms with Crippen LogP contribution in [0.3, 0.4) is 0 Å². The molecule has 0 radical (unpaired) electrons. The van der Waals surface area contributed by atoms with Crippen molar-refractivity contribution in [3.8, 4) is 11.1 Å². The Bertz CT molecular complexity index is 2350. The molecule has 1 nitrogen and oxygen atoms in total. The van der Waals surface area contributed by atoms with E-state index in [2.05, 4.69) is 163 Å². The van der Waals surface area contributed by atoms with Crippen molar-refractivity contribution in [2.45, 2.75) is 150 Å². The van der Waals surface area contributed by atoms with Crippen molar-refractivity contribution in [3.63, 3.8) is 0 Å². The van der Waals surface area contributed by atoms with Crippen molar-refractivity contribution >= 4 is 28.8 Å². The number of benzene rings is 5. The fraction of sp³-hybridized carbons (Fsp3) is 0.464. The van der Waals surface area contributed by atoms with Gasteiger partial charge in [0.2, 0.25) is 0 Å². The molecular weight excluding hydrogens is 719 g/mol. The molecule has 1 heterocycles. The van der Waals surface area contributed by atoms with Gasteiger partial charge in [0.15, 0.2) is 0 Å². The fourth-order valence-electron chi connectivity index (χ4n) is 14.1. The van der Waals surface area contributed by atoms with Gasteiger partial charge in [0.1, 0.15) is 0 Å². The first kappa shape index (κ1) is 37.3. The Morgan fingerprint density at radius 2 is 0.931 bits per heavy atom. The van der Waals surface area contributed by atoms with Gasteiger partial charge in [-0.15, -0.1) is 0 Å². The van der Waals surface area contributed by atoms with Crippen LogP contribution in [0.1, 0.15) is 147 Å². The van der Waals surface area contributed by atoms with Crippen LogP contribution in [0, 0.1) is 23.7 Å². The molecule has 0 saturated heterocycles. The van der Waals surface area contributed by atoms with E-state index in [4.69, 9.17) is 0 Å². The molecule has 6 aliphatic carbocycles. The van der Waals surface area contributed by atoms with Crippen LogP contribution in [0.25, 0.3) is 11.1 Å². The lowest BCUT2D eigenvalue weighted by Gasteiger charge is -2.63. The zero-order valence-electron chi connectivity index (χ0n) is 36.3. The number of hydrogen-bond donors (Lipinski definition) is 0. The summed E-state index contributed by atoms with van der Waals surface area (Å²) in [4.78, 5) is 5.67. The third-order valence-electron chi connectivity index (χ3n) is 17.0. The quantitative estimate of drug-likeness (QED) is 0.179. The minimum Gasteiger partial charge on any atom is -0.310 e. The number of rotatable bonds is 4. The van der Waals surface area contributed by atoms with E-state index in [1.54, 1.807) is 11.1 Å². The summed E-state index contributed by atoms with van der Waals surface area (Å²) < 4.78 is 0. The molecule has 7 aliphatic rings. The van der Waals surface area contributed by atoms with Gasteiger partial charge in [0.25, 0.3) is 0 Å². The van der Waals surface area contributed by atoms with Crippen LogP contribution in [0.4, 0.5) is 17.1 Å². The SMILES string of the molecule is CC1(C)CCC(C)(C)c2c(N(c3ccc(-c4ccc5c(c4)Sc4ccccc4C54C5CC6CC(C5)CC4C6)cc3)c3cccc4c3C(C)(C)CCC4(C)C)cccc21. The van der Waals surface area contributed by atoms with Crippen molar-refractivity contribution in [2.24, 2.45) is 23.7 Å². The minimum atomic E-state index is 0.0668. The topological polar surface area (TPSA) is 3.24 Å².